The average molecular weight is 421 g/mol. The molecule has 1 amide bonds. The van der Waals surface area contributed by atoms with Gasteiger partial charge in [-0.05, 0) is 37.3 Å². The number of sulfone groups is 1. The number of nitrogens with one attached hydrogen (secondary N) is 1. The number of amides is 1. The van der Waals surface area contributed by atoms with Crippen LogP contribution in [0.25, 0.3) is 5.69 Å². The summed E-state index contributed by atoms with van der Waals surface area (Å²) in [5, 5.41) is 15.5. The van der Waals surface area contributed by atoms with E-state index < -0.39 is 15.9 Å². The molecule has 2 heterocycles. The summed E-state index contributed by atoms with van der Waals surface area (Å²) in [6.45, 7) is 1.86. The van der Waals surface area contributed by atoms with Crippen LogP contribution in [0.15, 0.2) is 58.6 Å². The maximum absolute atomic E-state index is 13.2. The lowest BCUT2D eigenvalue weighted by atomic mass is 10.3. The molecule has 3 aromatic rings. The van der Waals surface area contributed by atoms with Crippen LogP contribution in [0.4, 0.5) is 4.79 Å². The zero-order valence-electron chi connectivity index (χ0n) is 14.8. The first-order chi connectivity index (χ1) is 13.3. The molecule has 0 aliphatic heterocycles. The van der Waals surface area contributed by atoms with Crippen molar-refractivity contribution in [2.45, 2.75) is 23.3 Å². The molecule has 0 atom stereocenters. The summed E-state index contributed by atoms with van der Waals surface area (Å²) >= 11 is 6.24. The number of hydrogen-bond donors (Lipinski definition) is 2. The highest BCUT2D eigenvalue weighted by molar-refractivity contribution is 7.91. The fourth-order valence-corrected chi connectivity index (χ4v) is 4.11. The number of nitrogens with zero attached hydrogens (tertiary/aromatic N) is 3. The Morgan fingerprint density at radius 1 is 1.25 bits per heavy atom. The van der Waals surface area contributed by atoms with E-state index in [4.69, 9.17) is 16.7 Å². The van der Waals surface area contributed by atoms with Gasteiger partial charge < -0.3 is 10.4 Å². The summed E-state index contributed by atoms with van der Waals surface area (Å²) in [4.78, 5) is 14.7. The second kappa shape index (κ2) is 7.99. The third-order valence-corrected chi connectivity index (χ3v) is 5.96. The molecule has 2 N–H and O–H groups in total. The van der Waals surface area contributed by atoms with E-state index >= 15 is 0 Å². The van der Waals surface area contributed by atoms with Crippen molar-refractivity contribution in [2.75, 3.05) is 6.54 Å². The van der Waals surface area contributed by atoms with Crippen LogP contribution in [0.3, 0.4) is 0 Å². The second-order valence-electron chi connectivity index (χ2n) is 5.96. The normalized spacial score (nSPS) is 11.4. The van der Waals surface area contributed by atoms with Crippen molar-refractivity contribution in [1.82, 2.24) is 20.1 Å². The van der Waals surface area contributed by atoms with Gasteiger partial charge in [-0.3, -0.25) is 4.98 Å². The van der Waals surface area contributed by atoms with E-state index in [-0.39, 0.29) is 22.9 Å². The summed E-state index contributed by atoms with van der Waals surface area (Å²) in [7, 11) is -3.93. The Bertz CT molecular complexity index is 1110. The summed E-state index contributed by atoms with van der Waals surface area (Å²) in [5.41, 5.74) is 1.51. The minimum atomic E-state index is -3.93. The molecule has 0 saturated carbocycles. The minimum Gasteiger partial charge on any atom is -0.465 e. The lowest BCUT2D eigenvalue weighted by Crippen LogP contribution is -2.23. The molecule has 0 aliphatic rings. The third-order valence-electron chi connectivity index (χ3n) is 3.94. The van der Waals surface area contributed by atoms with Gasteiger partial charge in [0.05, 0.1) is 21.3 Å². The molecular formula is C18H17ClN4O4S. The molecule has 2 aromatic heterocycles. The molecule has 0 unspecified atom stereocenters. The molecule has 8 nitrogen and oxygen atoms in total. The van der Waals surface area contributed by atoms with Crippen molar-refractivity contribution in [3.63, 3.8) is 0 Å². The topological polar surface area (TPSA) is 114 Å². The largest absolute Gasteiger partial charge is 0.465 e. The van der Waals surface area contributed by atoms with Crippen molar-refractivity contribution < 1.29 is 18.3 Å². The van der Waals surface area contributed by atoms with Crippen LogP contribution in [0.1, 0.15) is 11.4 Å². The molecule has 1 aromatic carbocycles. The zero-order valence-corrected chi connectivity index (χ0v) is 16.4. The van der Waals surface area contributed by atoms with Gasteiger partial charge in [0.25, 0.3) is 0 Å². The molecule has 0 spiro atoms. The number of halogens is 1. The number of para-hydroxylation sites is 1. The van der Waals surface area contributed by atoms with Crippen LogP contribution in [-0.4, -0.2) is 40.9 Å². The van der Waals surface area contributed by atoms with Gasteiger partial charge in [0, 0.05) is 24.9 Å². The van der Waals surface area contributed by atoms with Crippen LogP contribution < -0.4 is 5.32 Å². The quantitative estimate of drug-likeness (QED) is 0.633. The Kier molecular flexibility index (Phi) is 5.66. The predicted octanol–water partition coefficient (Wildman–Crippen LogP) is 2.87. The Morgan fingerprint density at radius 2 is 2.00 bits per heavy atom. The van der Waals surface area contributed by atoms with Crippen LogP contribution >= 0.6 is 11.6 Å². The maximum atomic E-state index is 13.2. The Hall–Kier alpha value is -2.91. The molecule has 0 fully saturated rings. The first kappa shape index (κ1) is 19.8. The first-order valence-electron chi connectivity index (χ1n) is 8.27. The van der Waals surface area contributed by atoms with Gasteiger partial charge in [-0.25, -0.2) is 17.9 Å². The number of carbonyl (C=O) groups is 1. The van der Waals surface area contributed by atoms with E-state index in [1.165, 1.54) is 23.0 Å². The molecule has 3 rings (SSSR count). The molecule has 0 saturated heterocycles. The number of rotatable bonds is 6. The predicted molar refractivity (Wildman–Crippen MR) is 103 cm³/mol. The van der Waals surface area contributed by atoms with Crippen molar-refractivity contribution in [3.8, 4) is 5.69 Å². The Balaban J connectivity index is 2.10. The van der Waals surface area contributed by atoms with Crippen molar-refractivity contribution in [3.05, 3.63) is 65.1 Å². The summed E-state index contributed by atoms with van der Waals surface area (Å²) in [6, 6.07) is 11.2. The summed E-state index contributed by atoms with van der Waals surface area (Å²) in [6.07, 6.45) is 0.350. The fraction of sp³-hybridized carbons (Fsp3) is 0.167. The molecule has 28 heavy (non-hydrogen) atoms. The van der Waals surface area contributed by atoms with E-state index in [2.05, 4.69) is 15.4 Å². The Labute approximate surface area is 166 Å². The zero-order chi connectivity index (χ0) is 20.3. The van der Waals surface area contributed by atoms with E-state index in [1.807, 2.05) is 0 Å². The van der Waals surface area contributed by atoms with Crippen molar-refractivity contribution in [1.29, 1.82) is 0 Å². The number of carboxylic acid groups (broad SMARTS) is 1. The van der Waals surface area contributed by atoms with Crippen molar-refractivity contribution >= 4 is 27.5 Å². The molecule has 0 radical (unpaired) electrons. The first-order valence-corrected chi connectivity index (χ1v) is 10.1. The lowest BCUT2D eigenvalue weighted by molar-refractivity contribution is 0.194. The number of aromatic nitrogens is 3. The maximum Gasteiger partial charge on any atom is 0.404 e. The lowest BCUT2D eigenvalue weighted by Gasteiger charge is -2.10. The molecule has 10 heteroatoms. The van der Waals surface area contributed by atoms with E-state index in [9.17, 15) is 13.2 Å². The standard InChI is InChI=1S/C18H17ClN4O4S/c1-12-6-7-14(11-21-12)28(26,27)17-10-13(8-9-20-18(24)25)22-23(17)16-5-3-2-4-15(16)19/h2-7,10-11,20H,8-9H2,1H3,(H,24,25). The highest BCUT2D eigenvalue weighted by Crippen LogP contribution is 2.27. The van der Waals surface area contributed by atoms with Gasteiger partial charge in [0.15, 0.2) is 5.03 Å². The smallest absolute Gasteiger partial charge is 0.404 e. The number of pyridine rings is 1. The van der Waals surface area contributed by atoms with Crippen LogP contribution in [0.2, 0.25) is 5.02 Å². The highest BCUT2D eigenvalue weighted by atomic mass is 35.5. The van der Waals surface area contributed by atoms with Gasteiger partial charge in [-0.2, -0.15) is 5.10 Å². The van der Waals surface area contributed by atoms with Crippen LogP contribution in [-0.2, 0) is 16.3 Å². The van der Waals surface area contributed by atoms with Gasteiger partial charge in [-0.15, -0.1) is 0 Å². The Morgan fingerprint density at radius 3 is 2.64 bits per heavy atom. The second-order valence-corrected chi connectivity index (χ2v) is 8.26. The monoisotopic (exact) mass is 420 g/mol. The van der Waals surface area contributed by atoms with E-state index in [0.717, 1.165) is 0 Å². The van der Waals surface area contributed by atoms with Gasteiger partial charge in [0.1, 0.15) is 0 Å². The van der Waals surface area contributed by atoms with E-state index in [0.29, 0.717) is 22.1 Å². The third kappa shape index (κ3) is 4.15. The van der Waals surface area contributed by atoms with Gasteiger partial charge >= 0.3 is 6.09 Å². The molecular weight excluding hydrogens is 404 g/mol. The summed E-state index contributed by atoms with van der Waals surface area (Å²) in [5.74, 6) is 0. The average Bonchev–Trinajstić information content (AvgIpc) is 3.07. The van der Waals surface area contributed by atoms with Crippen molar-refractivity contribution in [2.24, 2.45) is 0 Å². The minimum absolute atomic E-state index is 0.0292. The molecule has 146 valence electrons. The van der Waals surface area contributed by atoms with Crippen LogP contribution in [0.5, 0.6) is 0 Å². The van der Waals surface area contributed by atoms with E-state index in [1.54, 1.807) is 37.3 Å². The molecule has 0 aliphatic carbocycles. The fourth-order valence-electron chi connectivity index (χ4n) is 2.55. The van der Waals surface area contributed by atoms with Crippen LogP contribution in [0, 0.1) is 6.92 Å². The summed E-state index contributed by atoms with van der Waals surface area (Å²) < 4.78 is 27.6. The van der Waals surface area contributed by atoms with Gasteiger partial charge in [0.2, 0.25) is 9.84 Å². The number of benzene rings is 1. The number of hydrogen-bond acceptors (Lipinski definition) is 5. The molecule has 0 bridgehead atoms. The highest BCUT2D eigenvalue weighted by Gasteiger charge is 2.26. The van der Waals surface area contributed by atoms with Gasteiger partial charge in [-0.1, -0.05) is 23.7 Å². The number of aryl methyl sites for hydroxylation is 1. The SMILES string of the molecule is Cc1ccc(S(=O)(=O)c2cc(CCNC(=O)O)nn2-c2ccccc2Cl)cn1.